The molecule has 22 heavy (non-hydrogen) atoms. The van der Waals surface area contributed by atoms with Gasteiger partial charge < -0.3 is 15.2 Å². The average Bonchev–Trinajstić information content (AvgIpc) is 2.50. The van der Waals surface area contributed by atoms with E-state index >= 15 is 0 Å². The minimum Gasteiger partial charge on any atom is -0.491 e. The van der Waals surface area contributed by atoms with Gasteiger partial charge in [0.25, 0.3) is 5.91 Å². The van der Waals surface area contributed by atoms with Crippen molar-refractivity contribution in [1.29, 1.82) is 0 Å². The maximum absolute atomic E-state index is 11.9. The molecule has 2 rings (SSSR count). The SMILES string of the molecule is Cc1cccc(OCC(O)CNC(=O)c2cccc(Cl)c2)c1. The van der Waals surface area contributed by atoms with Crippen molar-refractivity contribution in [3.05, 3.63) is 64.7 Å². The van der Waals surface area contributed by atoms with E-state index in [1.54, 1.807) is 24.3 Å². The van der Waals surface area contributed by atoms with Gasteiger partial charge in [-0.1, -0.05) is 29.8 Å². The standard InChI is InChI=1S/C17H18ClNO3/c1-12-4-2-7-16(8-12)22-11-15(20)10-19-17(21)13-5-3-6-14(18)9-13/h2-9,15,20H,10-11H2,1H3,(H,19,21). The van der Waals surface area contributed by atoms with Crippen molar-refractivity contribution >= 4 is 17.5 Å². The van der Waals surface area contributed by atoms with E-state index in [9.17, 15) is 9.90 Å². The largest absolute Gasteiger partial charge is 0.491 e. The fourth-order valence-electron chi connectivity index (χ4n) is 1.90. The second-order valence-electron chi connectivity index (χ2n) is 5.00. The molecule has 116 valence electrons. The van der Waals surface area contributed by atoms with Crippen LogP contribution in [0.4, 0.5) is 0 Å². The zero-order valence-corrected chi connectivity index (χ0v) is 13.0. The smallest absolute Gasteiger partial charge is 0.251 e. The van der Waals surface area contributed by atoms with Gasteiger partial charge in [0.05, 0.1) is 0 Å². The normalized spacial score (nSPS) is 11.8. The lowest BCUT2D eigenvalue weighted by Gasteiger charge is -2.13. The topological polar surface area (TPSA) is 58.6 Å². The van der Waals surface area contributed by atoms with Crippen LogP contribution in [0.25, 0.3) is 0 Å². The Labute approximate surface area is 134 Å². The third-order valence-electron chi connectivity index (χ3n) is 3.02. The van der Waals surface area contributed by atoms with Gasteiger partial charge in [0.1, 0.15) is 18.5 Å². The highest BCUT2D eigenvalue weighted by molar-refractivity contribution is 6.30. The molecule has 5 heteroatoms. The Morgan fingerprint density at radius 2 is 2.05 bits per heavy atom. The van der Waals surface area contributed by atoms with Gasteiger partial charge in [0.15, 0.2) is 0 Å². The van der Waals surface area contributed by atoms with E-state index in [0.29, 0.717) is 16.3 Å². The van der Waals surface area contributed by atoms with E-state index in [4.69, 9.17) is 16.3 Å². The minimum absolute atomic E-state index is 0.108. The van der Waals surface area contributed by atoms with Crippen molar-refractivity contribution in [2.45, 2.75) is 13.0 Å². The van der Waals surface area contributed by atoms with Crippen molar-refractivity contribution in [3.63, 3.8) is 0 Å². The van der Waals surface area contributed by atoms with Crippen LogP contribution in [0.2, 0.25) is 5.02 Å². The molecule has 2 N–H and O–H groups in total. The number of carbonyl (C=O) groups is 1. The number of hydrogen-bond donors (Lipinski definition) is 2. The zero-order chi connectivity index (χ0) is 15.9. The van der Waals surface area contributed by atoms with E-state index in [1.165, 1.54) is 0 Å². The Morgan fingerprint density at radius 1 is 1.27 bits per heavy atom. The molecule has 1 unspecified atom stereocenters. The first-order valence-electron chi connectivity index (χ1n) is 6.96. The van der Waals surface area contributed by atoms with Gasteiger partial charge in [0, 0.05) is 17.1 Å². The van der Waals surface area contributed by atoms with Crippen LogP contribution in [-0.4, -0.2) is 30.3 Å². The Hall–Kier alpha value is -2.04. The lowest BCUT2D eigenvalue weighted by molar-refractivity contribution is 0.0843. The van der Waals surface area contributed by atoms with Gasteiger partial charge in [-0.15, -0.1) is 0 Å². The molecule has 0 radical (unpaired) electrons. The summed E-state index contributed by atoms with van der Waals surface area (Å²) < 4.78 is 5.48. The Balaban J connectivity index is 1.78. The third-order valence-corrected chi connectivity index (χ3v) is 3.25. The van der Waals surface area contributed by atoms with Gasteiger partial charge in [-0.25, -0.2) is 0 Å². The molecular formula is C17H18ClNO3. The summed E-state index contributed by atoms with van der Waals surface area (Å²) in [6.07, 6.45) is -0.788. The zero-order valence-electron chi connectivity index (χ0n) is 12.3. The predicted molar refractivity (Wildman–Crippen MR) is 86.5 cm³/mol. The molecule has 0 heterocycles. The van der Waals surface area contributed by atoms with E-state index in [-0.39, 0.29) is 19.1 Å². The number of nitrogens with one attached hydrogen (secondary N) is 1. The van der Waals surface area contributed by atoms with Crippen molar-refractivity contribution in [2.75, 3.05) is 13.2 Å². The number of aryl methyl sites for hydroxylation is 1. The number of ether oxygens (including phenoxy) is 1. The Kier molecular flexibility index (Phi) is 5.81. The monoisotopic (exact) mass is 319 g/mol. The van der Waals surface area contributed by atoms with Crippen molar-refractivity contribution in [3.8, 4) is 5.75 Å². The molecule has 2 aromatic carbocycles. The summed E-state index contributed by atoms with van der Waals surface area (Å²) >= 11 is 5.83. The fraction of sp³-hybridized carbons (Fsp3) is 0.235. The molecule has 0 saturated carbocycles. The third kappa shape index (κ3) is 5.06. The first-order valence-corrected chi connectivity index (χ1v) is 7.33. The summed E-state index contributed by atoms with van der Waals surface area (Å²) in [5, 5.41) is 13.0. The molecule has 1 amide bonds. The van der Waals surface area contributed by atoms with Crippen LogP contribution in [0.3, 0.4) is 0 Å². The first-order chi connectivity index (χ1) is 10.5. The van der Waals surface area contributed by atoms with Crippen LogP contribution >= 0.6 is 11.6 Å². The average molecular weight is 320 g/mol. The van der Waals surface area contributed by atoms with Gasteiger partial charge >= 0.3 is 0 Å². The van der Waals surface area contributed by atoms with Crippen LogP contribution in [-0.2, 0) is 0 Å². The highest BCUT2D eigenvalue weighted by atomic mass is 35.5. The summed E-state index contributed by atoms with van der Waals surface area (Å²) in [6.45, 7) is 2.19. The maximum atomic E-state index is 11.9. The summed E-state index contributed by atoms with van der Waals surface area (Å²) in [5.74, 6) is 0.414. The van der Waals surface area contributed by atoms with E-state index in [2.05, 4.69) is 5.32 Å². The van der Waals surface area contributed by atoms with E-state index in [1.807, 2.05) is 31.2 Å². The lowest BCUT2D eigenvalue weighted by Crippen LogP contribution is -2.35. The van der Waals surface area contributed by atoms with Crippen LogP contribution in [0.1, 0.15) is 15.9 Å². The fourth-order valence-corrected chi connectivity index (χ4v) is 2.09. The number of benzene rings is 2. The van der Waals surface area contributed by atoms with Gasteiger partial charge in [-0.2, -0.15) is 0 Å². The number of amides is 1. The Bertz CT molecular complexity index is 645. The molecule has 4 nitrogen and oxygen atoms in total. The highest BCUT2D eigenvalue weighted by Crippen LogP contribution is 2.12. The molecule has 0 bridgehead atoms. The van der Waals surface area contributed by atoms with Gasteiger partial charge in [-0.05, 0) is 42.8 Å². The molecule has 0 aliphatic carbocycles. The number of aliphatic hydroxyl groups excluding tert-OH is 1. The molecule has 0 spiro atoms. The highest BCUT2D eigenvalue weighted by Gasteiger charge is 2.10. The number of rotatable bonds is 6. The molecule has 0 saturated heterocycles. The minimum atomic E-state index is -0.788. The number of aliphatic hydroxyl groups is 1. The molecule has 2 aromatic rings. The first kappa shape index (κ1) is 16.3. The second-order valence-corrected chi connectivity index (χ2v) is 5.44. The van der Waals surface area contributed by atoms with Crippen molar-refractivity contribution in [2.24, 2.45) is 0 Å². The molecule has 0 fully saturated rings. The number of carbonyl (C=O) groups excluding carboxylic acids is 1. The van der Waals surface area contributed by atoms with Crippen LogP contribution in [0.15, 0.2) is 48.5 Å². The molecule has 0 aliphatic heterocycles. The molecule has 0 aliphatic rings. The summed E-state index contributed by atoms with van der Waals surface area (Å²) in [4.78, 5) is 11.9. The van der Waals surface area contributed by atoms with Crippen LogP contribution in [0.5, 0.6) is 5.75 Å². The maximum Gasteiger partial charge on any atom is 0.251 e. The summed E-state index contributed by atoms with van der Waals surface area (Å²) in [7, 11) is 0. The molecular weight excluding hydrogens is 302 g/mol. The van der Waals surface area contributed by atoms with Crippen molar-refractivity contribution in [1.82, 2.24) is 5.32 Å². The Morgan fingerprint density at radius 3 is 2.77 bits per heavy atom. The predicted octanol–water partition coefficient (Wildman–Crippen LogP) is 2.82. The van der Waals surface area contributed by atoms with Gasteiger partial charge in [0.2, 0.25) is 0 Å². The van der Waals surface area contributed by atoms with E-state index < -0.39 is 6.10 Å². The molecule has 1 atom stereocenters. The number of halogens is 1. The van der Waals surface area contributed by atoms with E-state index in [0.717, 1.165) is 5.56 Å². The lowest BCUT2D eigenvalue weighted by atomic mass is 10.2. The second kappa shape index (κ2) is 7.82. The van der Waals surface area contributed by atoms with Crippen LogP contribution in [0, 0.1) is 6.92 Å². The summed E-state index contributed by atoms with van der Waals surface area (Å²) in [5.41, 5.74) is 1.54. The van der Waals surface area contributed by atoms with Crippen LogP contribution < -0.4 is 10.1 Å². The number of hydrogen-bond acceptors (Lipinski definition) is 3. The van der Waals surface area contributed by atoms with Gasteiger partial charge in [-0.3, -0.25) is 4.79 Å². The summed E-state index contributed by atoms with van der Waals surface area (Å²) in [6, 6.07) is 14.2. The van der Waals surface area contributed by atoms with Crippen molar-refractivity contribution < 1.29 is 14.6 Å². The molecule has 0 aromatic heterocycles. The quantitative estimate of drug-likeness (QED) is 0.860.